The van der Waals surface area contributed by atoms with Crippen molar-refractivity contribution in [2.24, 2.45) is 5.73 Å². The highest BCUT2D eigenvalue weighted by atomic mass is 19.3. The molecule has 0 atom stereocenters. The van der Waals surface area contributed by atoms with Gasteiger partial charge in [-0.3, -0.25) is 4.90 Å². The molecule has 0 aromatic heterocycles. The third kappa shape index (κ3) is 0.952. The van der Waals surface area contributed by atoms with E-state index >= 15 is 0 Å². The minimum absolute atomic E-state index is 0.163. The fourth-order valence-corrected chi connectivity index (χ4v) is 0.737. The second-order valence-corrected chi connectivity index (χ2v) is 2.03. The van der Waals surface area contributed by atoms with Gasteiger partial charge in [-0.15, -0.1) is 0 Å². The monoisotopic (exact) mass is 122 g/mol. The minimum atomic E-state index is -2.46. The standard InChI is InChI=1S/C4H8F2N2/c5-4(6)1-8(2-4)3-7/h1-3,7H2. The highest BCUT2D eigenvalue weighted by Crippen LogP contribution is 2.24. The van der Waals surface area contributed by atoms with Crippen LogP contribution in [-0.2, 0) is 0 Å². The summed E-state index contributed by atoms with van der Waals surface area (Å²) >= 11 is 0. The van der Waals surface area contributed by atoms with Crippen molar-refractivity contribution in [1.82, 2.24) is 4.90 Å². The van der Waals surface area contributed by atoms with Crippen LogP contribution >= 0.6 is 0 Å². The van der Waals surface area contributed by atoms with Crippen molar-refractivity contribution in [1.29, 1.82) is 0 Å². The van der Waals surface area contributed by atoms with Crippen LogP contribution in [0.4, 0.5) is 8.78 Å². The van der Waals surface area contributed by atoms with Crippen molar-refractivity contribution in [2.45, 2.75) is 5.92 Å². The van der Waals surface area contributed by atoms with E-state index in [1.807, 2.05) is 0 Å². The van der Waals surface area contributed by atoms with E-state index in [1.54, 1.807) is 0 Å². The van der Waals surface area contributed by atoms with E-state index < -0.39 is 5.92 Å². The van der Waals surface area contributed by atoms with Gasteiger partial charge in [-0.1, -0.05) is 0 Å². The van der Waals surface area contributed by atoms with Gasteiger partial charge in [-0.25, -0.2) is 8.78 Å². The largest absolute Gasteiger partial charge is 0.318 e. The highest BCUT2D eigenvalue weighted by molar-refractivity contribution is 4.85. The Morgan fingerprint density at radius 3 is 2.12 bits per heavy atom. The van der Waals surface area contributed by atoms with Crippen LogP contribution in [-0.4, -0.2) is 30.6 Å². The molecule has 0 bridgehead atoms. The molecule has 1 aliphatic rings. The Hall–Kier alpha value is -0.220. The molecular weight excluding hydrogens is 114 g/mol. The average molecular weight is 122 g/mol. The van der Waals surface area contributed by atoms with Gasteiger partial charge in [0.05, 0.1) is 13.1 Å². The lowest BCUT2D eigenvalue weighted by Gasteiger charge is -2.37. The summed E-state index contributed by atoms with van der Waals surface area (Å²) in [6, 6.07) is 0. The van der Waals surface area contributed by atoms with Crippen LogP contribution in [0.2, 0.25) is 0 Å². The topological polar surface area (TPSA) is 29.3 Å². The molecule has 0 aliphatic carbocycles. The second kappa shape index (κ2) is 1.63. The number of rotatable bonds is 1. The Morgan fingerprint density at radius 1 is 1.50 bits per heavy atom. The smallest absolute Gasteiger partial charge is 0.273 e. The molecule has 1 heterocycles. The third-order valence-corrected chi connectivity index (χ3v) is 1.17. The summed E-state index contributed by atoms with van der Waals surface area (Å²) in [5.41, 5.74) is 5.05. The molecular formula is C4H8F2N2. The molecule has 0 aromatic carbocycles. The van der Waals surface area contributed by atoms with E-state index in [4.69, 9.17) is 5.73 Å². The van der Waals surface area contributed by atoms with E-state index in [1.165, 1.54) is 4.90 Å². The van der Waals surface area contributed by atoms with Gasteiger partial charge in [0.25, 0.3) is 5.92 Å². The number of hydrogen-bond acceptors (Lipinski definition) is 2. The zero-order chi connectivity index (χ0) is 6.20. The summed E-state index contributed by atoms with van der Waals surface area (Å²) in [6.45, 7) is -0.0808. The predicted octanol–water partition coefficient (Wildman–Crippen LogP) is -0.147. The van der Waals surface area contributed by atoms with Crippen molar-refractivity contribution in [3.05, 3.63) is 0 Å². The molecule has 0 saturated carbocycles. The van der Waals surface area contributed by atoms with Gasteiger partial charge in [-0.2, -0.15) is 0 Å². The van der Waals surface area contributed by atoms with Crippen LogP contribution in [0.5, 0.6) is 0 Å². The lowest BCUT2D eigenvalue weighted by Crippen LogP contribution is -2.57. The maximum Gasteiger partial charge on any atom is 0.273 e. The summed E-state index contributed by atoms with van der Waals surface area (Å²) in [6.07, 6.45) is 0. The normalized spacial score (nSPS) is 27.4. The zero-order valence-electron chi connectivity index (χ0n) is 4.40. The fraction of sp³-hybridized carbons (Fsp3) is 1.00. The van der Waals surface area contributed by atoms with Gasteiger partial charge in [0.15, 0.2) is 0 Å². The average Bonchev–Trinajstić information content (AvgIpc) is 1.60. The number of halogens is 2. The van der Waals surface area contributed by atoms with Crippen LogP contribution in [0.25, 0.3) is 0 Å². The second-order valence-electron chi connectivity index (χ2n) is 2.03. The molecule has 1 saturated heterocycles. The molecule has 0 aromatic rings. The van der Waals surface area contributed by atoms with Crippen molar-refractivity contribution < 1.29 is 8.78 Å². The molecule has 1 fully saturated rings. The van der Waals surface area contributed by atoms with E-state index in [0.717, 1.165) is 0 Å². The van der Waals surface area contributed by atoms with E-state index in [-0.39, 0.29) is 19.8 Å². The Labute approximate surface area is 46.3 Å². The summed E-state index contributed by atoms with van der Waals surface area (Å²) < 4.78 is 23.8. The molecule has 1 rings (SSSR count). The van der Waals surface area contributed by atoms with Crippen molar-refractivity contribution in [3.63, 3.8) is 0 Å². The lowest BCUT2D eigenvalue weighted by atomic mass is 10.2. The molecule has 1 aliphatic heterocycles. The summed E-state index contributed by atoms with van der Waals surface area (Å²) in [5, 5.41) is 0. The molecule has 2 N–H and O–H groups in total. The maximum atomic E-state index is 11.9. The van der Waals surface area contributed by atoms with Crippen molar-refractivity contribution in [3.8, 4) is 0 Å². The molecule has 0 amide bonds. The summed E-state index contributed by atoms with van der Waals surface area (Å²) in [5.74, 6) is -2.46. The Balaban J connectivity index is 2.21. The maximum absolute atomic E-state index is 11.9. The van der Waals surface area contributed by atoms with Crippen LogP contribution in [0, 0.1) is 0 Å². The van der Waals surface area contributed by atoms with E-state index in [9.17, 15) is 8.78 Å². The van der Waals surface area contributed by atoms with Gasteiger partial charge in [-0.05, 0) is 0 Å². The van der Waals surface area contributed by atoms with Gasteiger partial charge in [0.2, 0.25) is 0 Å². The zero-order valence-corrected chi connectivity index (χ0v) is 4.40. The van der Waals surface area contributed by atoms with E-state index in [2.05, 4.69) is 0 Å². The predicted molar refractivity (Wildman–Crippen MR) is 25.6 cm³/mol. The van der Waals surface area contributed by atoms with Crippen molar-refractivity contribution >= 4 is 0 Å². The molecule has 2 nitrogen and oxygen atoms in total. The third-order valence-electron chi connectivity index (χ3n) is 1.17. The molecule has 0 radical (unpaired) electrons. The van der Waals surface area contributed by atoms with Gasteiger partial charge in [0, 0.05) is 6.67 Å². The number of hydrogen-bond donors (Lipinski definition) is 1. The number of likely N-dealkylation sites (tertiary alicyclic amines) is 1. The Kier molecular flexibility index (Phi) is 1.21. The molecule has 0 spiro atoms. The minimum Gasteiger partial charge on any atom is -0.318 e. The summed E-state index contributed by atoms with van der Waals surface area (Å²) in [4.78, 5) is 1.49. The highest BCUT2D eigenvalue weighted by Gasteiger charge is 2.42. The molecule has 0 unspecified atom stereocenters. The van der Waals surface area contributed by atoms with Crippen LogP contribution in [0.1, 0.15) is 0 Å². The van der Waals surface area contributed by atoms with Gasteiger partial charge in [0.1, 0.15) is 0 Å². The van der Waals surface area contributed by atoms with Crippen LogP contribution in [0.3, 0.4) is 0 Å². The number of nitrogens with zero attached hydrogens (tertiary/aromatic N) is 1. The first-order valence-electron chi connectivity index (χ1n) is 2.44. The van der Waals surface area contributed by atoms with Crippen LogP contribution < -0.4 is 5.73 Å². The quantitative estimate of drug-likeness (QED) is 0.524. The van der Waals surface area contributed by atoms with Crippen LogP contribution in [0.15, 0.2) is 0 Å². The first kappa shape index (κ1) is 5.91. The Bertz CT molecular complexity index is 86.0. The SMILES string of the molecule is NCN1CC(F)(F)C1. The first-order valence-corrected chi connectivity index (χ1v) is 2.44. The molecule has 8 heavy (non-hydrogen) atoms. The van der Waals surface area contributed by atoms with Crippen molar-refractivity contribution in [2.75, 3.05) is 19.8 Å². The lowest BCUT2D eigenvalue weighted by molar-refractivity contribution is -0.129. The fourth-order valence-electron chi connectivity index (χ4n) is 0.737. The van der Waals surface area contributed by atoms with Gasteiger partial charge >= 0.3 is 0 Å². The van der Waals surface area contributed by atoms with E-state index in [0.29, 0.717) is 0 Å². The number of nitrogens with two attached hydrogens (primary N) is 1. The number of alkyl halides is 2. The molecule has 4 heteroatoms. The first-order chi connectivity index (χ1) is 3.64. The Morgan fingerprint density at radius 2 is 2.00 bits per heavy atom. The van der Waals surface area contributed by atoms with Gasteiger partial charge < -0.3 is 5.73 Å². The summed E-state index contributed by atoms with van der Waals surface area (Å²) in [7, 11) is 0. The molecule has 48 valence electrons.